The number of rotatable bonds is 3. The lowest BCUT2D eigenvalue weighted by Crippen LogP contribution is -2.18. The first-order valence-corrected chi connectivity index (χ1v) is 6.70. The van der Waals surface area contributed by atoms with E-state index in [-0.39, 0.29) is 6.04 Å². The van der Waals surface area contributed by atoms with E-state index in [0.717, 1.165) is 10.2 Å². The first kappa shape index (κ1) is 13.1. The first-order valence-electron chi connectivity index (χ1n) is 5.90. The zero-order valence-corrected chi connectivity index (χ0v) is 12.2. The Hall–Kier alpha value is -1.32. The Kier molecular flexibility index (Phi) is 4.04. The van der Waals surface area contributed by atoms with E-state index >= 15 is 0 Å². The molecule has 0 radical (unpaired) electrons. The highest BCUT2D eigenvalue weighted by Gasteiger charge is 2.14. The lowest BCUT2D eigenvalue weighted by atomic mass is 9.95. The maximum absolute atomic E-state index is 5.73. The summed E-state index contributed by atoms with van der Waals surface area (Å²) in [6.07, 6.45) is 0. The highest BCUT2D eigenvalue weighted by atomic mass is 79.9. The number of benzene rings is 2. The third kappa shape index (κ3) is 2.74. The molecule has 1 atom stereocenters. The number of hydrogen-bond donors (Lipinski definition) is 2. The normalized spacial score (nSPS) is 12.4. The van der Waals surface area contributed by atoms with Crippen molar-refractivity contribution in [3.05, 3.63) is 63.6 Å². The predicted molar refractivity (Wildman–Crippen MR) is 80.6 cm³/mol. The monoisotopic (exact) mass is 304 g/mol. The van der Waals surface area contributed by atoms with Gasteiger partial charge in [-0.3, -0.25) is 0 Å². The minimum Gasteiger partial charge on any atom is -0.399 e. The van der Waals surface area contributed by atoms with Gasteiger partial charge in [0.15, 0.2) is 0 Å². The zero-order valence-electron chi connectivity index (χ0n) is 10.6. The Morgan fingerprint density at radius 1 is 1.11 bits per heavy atom. The number of halogens is 1. The zero-order chi connectivity index (χ0) is 13.1. The number of anilines is 1. The smallest absolute Gasteiger partial charge is 0.0577 e. The van der Waals surface area contributed by atoms with Crippen LogP contribution < -0.4 is 11.1 Å². The van der Waals surface area contributed by atoms with Gasteiger partial charge in [0.25, 0.3) is 0 Å². The molecule has 94 valence electrons. The van der Waals surface area contributed by atoms with E-state index < -0.39 is 0 Å². The number of nitrogen functional groups attached to an aromatic ring is 1. The van der Waals surface area contributed by atoms with Gasteiger partial charge >= 0.3 is 0 Å². The summed E-state index contributed by atoms with van der Waals surface area (Å²) in [7, 11) is 1.97. The Bertz CT molecular complexity index is 535. The molecule has 0 bridgehead atoms. The summed E-state index contributed by atoms with van der Waals surface area (Å²) in [5.74, 6) is 0. The van der Waals surface area contributed by atoms with Crippen LogP contribution in [0.15, 0.2) is 46.9 Å². The average molecular weight is 305 g/mol. The summed E-state index contributed by atoms with van der Waals surface area (Å²) in [4.78, 5) is 0. The van der Waals surface area contributed by atoms with Gasteiger partial charge < -0.3 is 11.1 Å². The molecule has 0 heterocycles. The van der Waals surface area contributed by atoms with Gasteiger partial charge in [0, 0.05) is 10.2 Å². The maximum Gasteiger partial charge on any atom is 0.0577 e. The number of nitrogens with two attached hydrogens (primary N) is 1. The highest BCUT2D eigenvalue weighted by Crippen LogP contribution is 2.27. The van der Waals surface area contributed by atoms with Crippen LogP contribution in [0.2, 0.25) is 0 Å². The van der Waals surface area contributed by atoms with Crippen molar-refractivity contribution in [3.8, 4) is 0 Å². The second-order valence-corrected chi connectivity index (χ2v) is 5.30. The molecule has 0 spiro atoms. The molecular weight excluding hydrogens is 288 g/mol. The lowest BCUT2D eigenvalue weighted by Gasteiger charge is -2.20. The van der Waals surface area contributed by atoms with Crippen LogP contribution >= 0.6 is 15.9 Å². The average Bonchev–Trinajstić information content (AvgIpc) is 2.37. The highest BCUT2D eigenvalue weighted by molar-refractivity contribution is 9.10. The molecule has 2 aromatic rings. The van der Waals surface area contributed by atoms with Crippen LogP contribution in [-0.4, -0.2) is 7.05 Å². The van der Waals surface area contributed by atoms with Gasteiger partial charge in [-0.05, 0) is 54.9 Å². The standard InChI is InChI=1S/C15H17BrN2/c1-10-3-6-12(16)9-14(10)15(18-2)11-4-7-13(17)8-5-11/h3-9,15,18H,17H2,1-2H3. The van der Waals surface area contributed by atoms with Crippen molar-refractivity contribution < 1.29 is 0 Å². The Balaban J connectivity index is 2.44. The molecule has 0 aliphatic carbocycles. The third-order valence-corrected chi connectivity index (χ3v) is 3.60. The maximum atomic E-state index is 5.73. The fraction of sp³-hybridized carbons (Fsp3) is 0.200. The van der Waals surface area contributed by atoms with Crippen LogP contribution in [0.25, 0.3) is 0 Å². The van der Waals surface area contributed by atoms with Crippen molar-refractivity contribution >= 4 is 21.6 Å². The number of hydrogen-bond acceptors (Lipinski definition) is 2. The molecule has 2 aromatic carbocycles. The van der Waals surface area contributed by atoms with Crippen molar-refractivity contribution in [3.63, 3.8) is 0 Å². The van der Waals surface area contributed by atoms with Crippen molar-refractivity contribution in [1.82, 2.24) is 5.32 Å². The summed E-state index contributed by atoms with van der Waals surface area (Å²) in [6, 6.07) is 14.5. The molecular formula is C15H17BrN2. The van der Waals surface area contributed by atoms with Crippen molar-refractivity contribution in [1.29, 1.82) is 0 Å². The van der Waals surface area contributed by atoms with E-state index in [1.165, 1.54) is 16.7 Å². The SMILES string of the molecule is CNC(c1ccc(N)cc1)c1cc(Br)ccc1C. The molecule has 0 fully saturated rings. The molecule has 18 heavy (non-hydrogen) atoms. The van der Waals surface area contributed by atoms with E-state index in [2.05, 4.69) is 58.5 Å². The van der Waals surface area contributed by atoms with Gasteiger partial charge in [0.05, 0.1) is 6.04 Å². The second-order valence-electron chi connectivity index (χ2n) is 4.39. The van der Waals surface area contributed by atoms with Gasteiger partial charge in [-0.2, -0.15) is 0 Å². The first-order chi connectivity index (χ1) is 8.61. The molecule has 0 saturated heterocycles. The summed E-state index contributed by atoms with van der Waals surface area (Å²) in [5, 5.41) is 3.36. The summed E-state index contributed by atoms with van der Waals surface area (Å²) in [5.41, 5.74) is 10.3. The molecule has 0 aromatic heterocycles. The van der Waals surface area contributed by atoms with E-state index in [0.29, 0.717) is 0 Å². The lowest BCUT2D eigenvalue weighted by molar-refractivity contribution is 0.687. The number of nitrogens with one attached hydrogen (secondary N) is 1. The summed E-state index contributed by atoms with van der Waals surface area (Å²) >= 11 is 3.53. The van der Waals surface area contributed by atoms with Crippen LogP contribution in [0.1, 0.15) is 22.7 Å². The fourth-order valence-corrected chi connectivity index (χ4v) is 2.49. The van der Waals surface area contributed by atoms with Crippen LogP contribution in [0.5, 0.6) is 0 Å². The Labute approximate surface area is 116 Å². The molecule has 1 unspecified atom stereocenters. The molecule has 2 nitrogen and oxygen atoms in total. The summed E-state index contributed by atoms with van der Waals surface area (Å²) in [6.45, 7) is 2.13. The summed E-state index contributed by atoms with van der Waals surface area (Å²) < 4.78 is 1.10. The van der Waals surface area contributed by atoms with E-state index in [9.17, 15) is 0 Å². The minimum absolute atomic E-state index is 0.183. The molecule has 0 saturated carbocycles. The van der Waals surface area contributed by atoms with Crippen molar-refractivity contribution in [2.75, 3.05) is 12.8 Å². The van der Waals surface area contributed by atoms with E-state index in [1.807, 2.05) is 19.2 Å². The predicted octanol–water partition coefficient (Wildman–Crippen LogP) is 3.65. The largest absolute Gasteiger partial charge is 0.399 e. The quantitative estimate of drug-likeness (QED) is 0.850. The number of aryl methyl sites for hydroxylation is 1. The fourth-order valence-electron chi connectivity index (χ4n) is 2.11. The third-order valence-electron chi connectivity index (χ3n) is 3.11. The molecule has 0 aliphatic rings. The van der Waals surface area contributed by atoms with Crippen LogP contribution in [0.4, 0.5) is 5.69 Å². The second kappa shape index (κ2) is 5.55. The van der Waals surface area contributed by atoms with Gasteiger partial charge in [-0.1, -0.05) is 34.1 Å². The van der Waals surface area contributed by atoms with Gasteiger partial charge in [0.1, 0.15) is 0 Å². The Morgan fingerprint density at radius 2 is 1.78 bits per heavy atom. The minimum atomic E-state index is 0.183. The van der Waals surface area contributed by atoms with Gasteiger partial charge in [-0.25, -0.2) is 0 Å². The van der Waals surface area contributed by atoms with E-state index in [4.69, 9.17) is 5.73 Å². The van der Waals surface area contributed by atoms with Gasteiger partial charge in [-0.15, -0.1) is 0 Å². The van der Waals surface area contributed by atoms with E-state index in [1.54, 1.807) is 0 Å². The molecule has 3 heteroatoms. The van der Waals surface area contributed by atoms with Crippen LogP contribution in [0, 0.1) is 6.92 Å². The van der Waals surface area contributed by atoms with Gasteiger partial charge in [0.2, 0.25) is 0 Å². The molecule has 0 aliphatic heterocycles. The molecule has 0 amide bonds. The van der Waals surface area contributed by atoms with Crippen LogP contribution in [-0.2, 0) is 0 Å². The van der Waals surface area contributed by atoms with Crippen molar-refractivity contribution in [2.45, 2.75) is 13.0 Å². The molecule has 2 rings (SSSR count). The van der Waals surface area contributed by atoms with Crippen molar-refractivity contribution in [2.24, 2.45) is 0 Å². The molecule has 3 N–H and O–H groups in total. The Morgan fingerprint density at radius 3 is 2.39 bits per heavy atom. The topological polar surface area (TPSA) is 38.0 Å². The van der Waals surface area contributed by atoms with Crippen LogP contribution in [0.3, 0.4) is 0 Å².